The highest BCUT2D eigenvalue weighted by molar-refractivity contribution is 5.86. The van der Waals surface area contributed by atoms with Crippen LogP contribution in [0.3, 0.4) is 0 Å². The Morgan fingerprint density at radius 2 is 1.88 bits per heavy atom. The highest BCUT2D eigenvalue weighted by Crippen LogP contribution is 2.28. The summed E-state index contributed by atoms with van der Waals surface area (Å²) in [5.74, 6) is 0.137. The summed E-state index contributed by atoms with van der Waals surface area (Å²) < 4.78 is 0. The molecular weight excluding hydrogens is 298 g/mol. The maximum absolute atomic E-state index is 12.8. The minimum atomic E-state index is -0.326. The van der Waals surface area contributed by atoms with Crippen molar-refractivity contribution in [2.45, 2.75) is 13.0 Å². The molecule has 0 saturated carbocycles. The van der Waals surface area contributed by atoms with Crippen LogP contribution < -0.4 is 10.6 Å². The Labute approximate surface area is 141 Å². The summed E-state index contributed by atoms with van der Waals surface area (Å²) in [6, 6.07) is 18.4. The van der Waals surface area contributed by atoms with Crippen LogP contribution in [0.2, 0.25) is 0 Å². The average molecular weight is 319 g/mol. The Morgan fingerprint density at radius 3 is 2.62 bits per heavy atom. The normalized spacial score (nSPS) is 15.8. The van der Waals surface area contributed by atoms with E-state index in [9.17, 15) is 4.79 Å². The van der Waals surface area contributed by atoms with Gasteiger partial charge in [0.25, 0.3) is 0 Å². The van der Waals surface area contributed by atoms with E-state index in [-0.39, 0.29) is 11.3 Å². The van der Waals surface area contributed by atoms with Gasteiger partial charge < -0.3 is 15.6 Å². The fourth-order valence-electron chi connectivity index (χ4n) is 3.45. The van der Waals surface area contributed by atoms with Gasteiger partial charge in [-0.2, -0.15) is 0 Å². The van der Waals surface area contributed by atoms with E-state index in [1.807, 2.05) is 36.5 Å². The van der Waals surface area contributed by atoms with E-state index >= 15 is 0 Å². The van der Waals surface area contributed by atoms with Gasteiger partial charge in [0.2, 0.25) is 5.91 Å². The quantitative estimate of drug-likeness (QED) is 0.677. The van der Waals surface area contributed by atoms with E-state index in [4.69, 9.17) is 0 Å². The van der Waals surface area contributed by atoms with Crippen LogP contribution in [0.4, 0.5) is 0 Å². The van der Waals surface area contributed by atoms with Crippen molar-refractivity contribution < 1.29 is 4.79 Å². The number of hydrogen-bond acceptors (Lipinski definition) is 2. The molecule has 4 rings (SSSR count). The van der Waals surface area contributed by atoms with Crippen LogP contribution in [0, 0.1) is 5.41 Å². The number of aromatic amines is 1. The molecule has 2 aromatic carbocycles. The molecule has 1 aliphatic rings. The zero-order chi connectivity index (χ0) is 16.4. The second-order valence-corrected chi connectivity index (χ2v) is 6.58. The molecule has 0 radical (unpaired) electrons. The van der Waals surface area contributed by atoms with E-state index < -0.39 is 0 Å². The van der Waals surface area contributed by atoms with Gasteiger partial charge in [0, 0.05) is 36.7 Å². The first-order valence-corrected chi connectivity index (χ1v) is 8.35. The Hall–Kier alpha value is -2.59. The maximum Gasteiger partial charge on any atom is 0.229 e. The van der Waals surface area contributed by atoms with Crippen LogP contribution in [-0.2, 0) is 17.8 Å². The van der Waals surface area contributed by atoms with Crippen molar-refractivity contribution in [1.82, 2.24) is 15.6 Å². The first-order chi connectivity index (χ1) is 11.8. The van der Waals surface area contributed by atoms with Crippen LogP contribution in [0.1, 0.15) is 11.1 Å². The van der Waals surface area contributed by atoms with Gasteiger partial charge in [-0.1, -0.05) is 42.5 Å². The summed E-state index contributed by atoms with van der Waals surface area (Å²) >= 11 is 0. The summed E-state index contributed by atoms with van der Waals surface area (Å²) in [4.78, 5) is 16.1. The summed E-state index contributed by atoms with van der Waals surface area (Å²) in [7, 11) is 0. The average Bonchev–Trinajstić information content (AvgIpc) is 3.06. The minimum absolute atomic E-state index is 0.137. The first-order valence-electron chi connectivity index (χ1n) is 8.35. The molecule has 1 aromatic heterocycles. The summed E-state index contributed by atoms with van der Waals surface area (Å²) in [5, 5.41) is 7.58. The van der Waals surface area contributed by atoms with E-state index in [1.165, 1.54) is 10.9 Å². The predicted octanol–water partition coefficient (Wildman–Crippen LogP) is 2.62. The summed E-state index contributed by atoms with van der Waals surface area (Å²) in [6.07, 6.45) is 2.71. The van der Waals surface area contributed by atoms with E-state index in [2.05, 4.69) is 39.9 Å². The Balaban J connectivity index is 1.47. The number of hydrogen-bond donors (Lipinski definition) is 3. The van der Waals surface area contributed by atoms with Gasteiger partial charge in [0.1, 0.15) is 0 Å². The van der Waals surface area contributed by atoms with Gasteiger partial charge in [0.15, 0.2) is 0 Å². The Morgan fingerprint density at radius 1 is 1.04 bits per heavy atom. The molecule has 1 fully saturated rings. The number of amides is 1. The predicted molar refractivity (Wildman–Crippen MR) is 95.6 cm³/mol. The van der Waals surface area contributed by atoms with Crippen LogP contribution in [0.5, 0.6) is 0 Å². The van der Waals surface area contributed by atoms with Crippen molar-refractivity contribution >= 4 is 16.8 Å². The third-order valence-corrected chi connectivity index (χ3v) is 4.92. The molecule has 1 aliphatic heterocycles. The SMILES string of the molecule is O=C(NCc1cccc2[nH]ccc12)C1(Cc2ccccc2)CNC1. The molecular formula is C20H21N3O. The number of nitrogens with one attached hydrogen (secondary N) is 3. The fourth-order valence-corrected chi connectivity index (χ4v) is 3.45. The molecule has 24 heavy (non-hydrogen) atoms. The highest BCUT2D eigenvalue weighted by Gasteiger charge is 2.43. The van der Waals surface area contributed by atoms with E-state index in [1.54, 1.807) is 0 Å². The third-order valence-electron chi connectivity index (χ3n) is 4.92. The number of carbonyl (C=O) groups excluding carboxylic acids is 1. The molecule has 1 saturated heterocycles. The lowest BCUT2D eigenvalue weighted by molar-refractivity contribution is -0.134. The van der Waals surface area contributed by atoms with Crippen LogP contribution in [-0.4, -0.2) is 24.0 Å². The molecule has 122 valence electrons. The molecule has 4 nitrogen and oxygen atoms in total. The first kappa shape index (κ1) is 15.0. The molecule has 0 bridgehead atoms. The number of aromatic nitrogens is 1. The van der Waals surface area contributed by atoms with E-state index in [0.717, 1.165) is 30.6 Å². The zero-order valence-corrected chi connectivity index (χ0v) is 13.5. The van der Waals surface area contributed by atoms with Gasteiger partial charge in [0.05, 0.1) is 5.41 Å². The fraction of sp³-hybridized carbons (Fsp3) is 0.250. The maximum atomic E-state index is 12.8. The zero-order valence-electron chi connectivity index (χ0n) is 13.5. The van der Waals surface area contributed by atoms with Gasteiger partial charge >= 0.3 is 0 Å². The Kier molecular flexibility index (Phi) is 3.82. The molecule has 0 aliphatic carbocycles. The number of rotatable bonds is 5. The van der Waals surface area contributed by atoms with E-state index in [0.29, 0.717) is 6.54 Å². The smallest absolute Gasteiger partial charge is 0.229 e. The molecule has 0 unspecified atom stereocenters. The molecule has 0 atom stereocenters. The molecule has 3 N–H and O–H groups in total. The van der Waals surface area contributed by atoms with Gasteiger partial charge in [-0.25, -0.2) is 0 Å². The van der Waals surface area contributed by atoms with Gasteiger partial charge in [-0.3, -0.25) is 4.79 Å². The summed E-state index contributed by atoms with van der Waals surface area (Å²) in [6.45, 7) is 2.04. The number of benzene rings is 2. The van der Waals surface area contributed by atoms with Crippen LogP contribution >= 0.6 is 0 Å². The monoisotopic (exact) mass is 319 g/mol. The number of carbonyl (C=O) groups is 1. The lowest BCUT2D eigenvalue weighted by Crippen LogP contribution is -2.62. The molecule has 2 heterocycles. The second kappa shape index (κ2) is 6.13. The number of H-pyrrole nitrogens is 1. The van der Waals surface area contributed by atoms with Crippen molar-refractivity contribution in [1.29, 1.82) is 0 Å². The standard InChI is InChI=1S/C20H21N3O/c24-19(20(13-21-14-20)11-15-5-2-1-3-6-15)23-12-16-7-4-8-18-17(16)9-10-22-18/h1-10,21-22H,11-14H2,(H,23,24). The Bertz CT molecular complexity index is 849. The molecule has 3 aromatic rings. The van der Waals surface area contributed by atoms with Gasteiger partial charge in [-0.05, 0) is 29.7 Å². The third kappa shape index (κ3) is 2.69. The molecule has 0 spiro atoms. The topological polar surface area (TPSA) is 56.9 Å². The van der Waals surface area contributed by atoms with Crippen LogP contribution in [0.25, 0.3) is 10.9 Å². The van der Waals surface area contributed by atoms with Crippen molar-refractivity contribution in [2.24, 2.45) is 5.41 Å². The van der Waals surface area contributed by atoms with Crippen molar-refractivity contribution in [2.75, 3.05) is 13.1 Å². The van der Waals surface area contributed by atoms with Crippen molar-refractivity contribution in [3.63, 3.8) is 0 Å². The summed E-state index contributed by atoms with van der Waals surface area (Å²) in [5.41, 5.74) is 3.13. The van der Waals surface area contributed by atoms with Crippen LogP contribution in [0.15, 0.2) is 60.8 Å². The lowest BCUT2D eigenvalue weighted by atomic mass is 9.75. The lowest BCUT2D eigenvalue weighted by Gasteiger charge is -2.41. The van der Waals surface area contributed by atoms with Crippen molar-refractivity contribution in [3.05, 3.63) is 71.9 Å². The largest absolute Gasteiger partial charge is 0.361 e. The van der Waals surface area contributed by atoms with Crippen molar-refractivity contribution in [3.8, 4) is 0 Å². The minimum Gasteiger partial charge on any atom is -0.361 e. The molecule has 4 heteroatoms. The second-order valence-electron chi connectivity index (χ2n) is 6.58. The number of fused-ring (bicyclic) bond motifs is 1. The highest BCUT2D eigenvalue weighted by atomic mass is 16.2. The molecule has 1 amide bonds. The van der Waals surface area contributed by atoms with Gasteiger partial charge in [-0.15, -0.1) is 0 Å².